The van der Waals surface area contributed by atoms with Gasteiger partial charge in [0.25, 0.3) is 0 Å². The summed E-state index contributed by atoms with van der Waals surface area (Å²) in [5.41, 5.74) is 5.41. The standard InChI is InChI=1S/C10H16N2O2/c1-3-10(11,13)7-8-4-5-12-9(6-8)14-2/h4-6,13H,3,7,11H2,1-2H3. The predicted octanol–water partition coefficient (Wildman–Crippen LogP) is 0.690. The Hall–Kier alpha value is -1.13. The third-order valence-electron chi connectivity index (χ3n) is 2.13. The van der Waals surface area contributed by atoms with Gasteiger partial charge in [-0.1, -0.05) is 6.92 Å². The Morgan fingerprint density at radius 3 is 2.93 bits per heavy atom. The molecule has 0 aliphatic rings. The molecule has 14 heavy (non-hydrogen) atoms. The predicted molar refractivity (Wildman–Crippen MR) is 53.9 cm³/mol. The van der Waals surface area contributed by atoms with Crippen molar-refractivity contribution in [2.45, 2.75) is 25.5 Å². The molecule has 1 aromatic rings. The molecule has 0 spiro atoms. The molecule has 4 heteroatoms. The molecular formula is C10H16N2O2. The number of hydrogen-bond donors (Lipinski definition) is 2. The molecule has 0 saturated heterocycles. The highest BCUT2D eigenvalue weighted by Crippen LogP contribution is 2.14. The van der Waals surface area contributed by atoms with Crippen molar-refractivity contribution in [1.82, 2.24) is 4.98 Å². The second-order valence-corrected chi connectivity index (χ2v) is 3.34. The van der Waals surface area contributed by atoms with Crippen LogP contribution in [0.25, 0.3) is 0 Å². The number of aromatic nitrogens is 1. The Labute approximate surface area is 83.7 Å². The molecule has 1 heterocycles. The lowest BCUT2D eigenvalue weighted by atomic mass is 10.0. The van der Waals surface area contributed by atoms with E-state index in [2.05, 4.69) is 4.98 Å². The summed E-state index contributed by atoms with van der Waals surface area (Å²) in [6, 6.07) is 3.59. The fourth-order valence-corrected chi connectivity index (χ4v) is 1.15. The molecule has 1 unspecified atom stereocenters. The van der Waals surface area contributed by atoms with Crippen LogP contribution in [0.5, 0.6) is 5.88 Å². The van der Waals surface area contributed by atoms with Crippen LogP contribution in [0.15, 0.2) is 18.3 Å². The van der Waals surface area contributed by atoms with Crippen molar-refractivity contribution in [2.24, 2.45) is 5.73 Å². The van der Waals surface area contributed by atoms with Crippen molar-refractivity contribution in [3.05, 3.63) is 23.9 Å². The van der Waals surface area contributed by atoms with Gasteiger partial charge in [-0.15, -0.1) is 0 Å². The van der Waals surface area contributed by atoms with Crippen molar-refractivity contribution >= 4 is 0 Å². The van der Waals surface area contributed by atoms with Crippen LogP contribution in [0, 0.1) is 0 Å². The second kappa shape index (κ2) is 4.39. The van der Waals surface area contributed by atoms with Gasteiger partial charge in [0.15, 0.2) is 0 Å². The molecule has 0 radical (unpaired) electrons. The van der Waals surface area contributed by atoms with Gasteiger partial charge >= 0.3 is 0 Å². The van der Waals surface area contributed by atoms with Crippen LogP contribution in [-0.4, -0.2) is 22.9 Å². The van der Waals surface area contributed by atoms with Crippen LogP contribution < -0.4 is 10.5 Å². The maximum atomic E-state index is 9.66. The molecule has 1 aromatic heterocycles. The van der Waals surface area contributed by atoms with Crippen LogP contribution in [0.4, 0.5) is 0 Å². The van der Waals surface area contributed by atoms with Crippen molar-refractivity contribution in [1.29, 1.82) is 0 Å². The number of pyridine rings is 1. The maximum absolute atomic E-state index is 9.66. The normalized spacial score (nSPS) is 14.9. The first-order valence-corrected chi connectivity index (χ1v) is 4.57. The van der Waals surface area contributed by atoms with E-state index >= 15 is 0 Å². The number of rotatable bonds is 4. The van der Waals surface area contributed by atoms with Crippen molar-refractivity contribution in [2.75, 3.05) is 7.11 Å². The van der Waals surface area contributed by atoms with E-state index in [4.69, 9.17) is 10.5 Å². The summed E-state index contributed by atoms with van der Waals surface area (Å²) in [6.07, 6.45) is 2.56. The third-order valence-corrected chi connectivity index (χ3v) is 2.13. The highest BCUT2D eigenvalue weighted by molar-refractivity contribution is 5.21. The lowest BCUT2D eigenvalue weighted by Crippen LogP contribution is -2.40. The van der Waals surface area contributed by atoms with E-state index in [0.717, 1.165) is 5.56 Å². The molecule has 0 bridgehead atoms. The van der Waals surface area contributed by atoms with E-state index in [-0.39, 0.29) is 0 Å². The SMILES string of the molecule is CCC(N)(O)Cc1ccnc(OC)c1. The molecule has 0 saturated carbocycles. The minimum absolute atomic E-state index is 0.405. The summed E-state index contributed by atoms with van der Waals surface area (Å²) in [6.45, 7) is 1.85. The molecule has 1 atom stereocenters. The Morgan fingerprint density at radius 1 is 1.64 bits per heavy atom. The third kappa shape index (κ3) is 2.97. The summed E-state index contributed by atoms with van der Waals surface area (Å²) >= 11 is 0. The Kier molecular flexibility index (Phi) is 3.43. The molecular weight excluding hydrogens is 180 g/mol. The highest BCUT2D eigenvalue weighted by Gasteiger charge is 2.18. The van der Waals surface area contributed by atoms with Crippen molar-refractivity contribution in [3.8, 4) is 5.88 Å². The second-order valence-electron chi connectivity index (χ2n) is 3.34. The number of methoxy groups -OCH3 is 1. The van der Waals surface area contributed by atoms with Gasteiger partial charge in [0.2, 0.25) is 5.88 Å². The summed E-state index contributed by atoms with van der Waals surface area (Å²) in [4.78, 5) is 3.97. The number of nitrogens with two attached hydrogens (primary N) is 1. The van der Waals surface area contributed by atoms with Crippen LogP contribution in [0.2, 0.25) is 0 Å². The molecule has 78 valence electrons. The highest BCUT2D eigenvalue weighted by atomic mass is 16.5. The van der Waals surface area contributed by atoms with Gasteiger partial charge in [-0.25, -0.2) is 4.98 Å². The van der Waals surface area contributed by atoms with Gasteiger partial charge in [-0.05, 0) is 18.1 Å². The minimum Gasteiger partial charge on any atom is -0.481 e. The summed E-state index contributed by atoms with van der Waals surface area (Å²) in [7, 11) is 1.56. The van der Waals surface area contributed by atoms with Gasteiger partial charge < -0.3 is 15.6 Å². The Balaban J connectivity index is 2.76. The Morgan fingerprint density at radius 2 is 2.36 bits per heavy atom. The molecule has 0 aromatic carbocycles. The van der Waals surface area contributed by atoms with E-state index in [1.807, 2.05) is 13.0 Å². The van der Waals surface area contributed by atoms with Crippen LogP contribution >= 0.6 is 0 Å². The zero-order chi connectivity index (χ0) is 10.6. The van der Waals surface area contributed by atoms with E-state index in [1.165, 1.54) is 0 Å². The fourth-order valence-electron chi connectivity index (χ4n) is 1.15. The summed E-state index contributed by atoms with van der Waals surface area (Å²) in [5.74, 6) is 0.536. The first kappa shape index (κ1) is 10.9. The Bertz CT molecular complexity index is 300. The maximum Gasteiger partial charge on any atom is 0.213 e. The molecule has 0 amide bonds. The molecule has 0 aliphatic heterocycles. The zero-order valence-electron chi connectivity index (χ0n) is 8.53. The number of nitrogens with zero attached hydrogens (tertiary/aromatic N) is 1. The largest absolute Gasteiger partial charge is 0.481 e. The van der Waals surface area contributed by atoms with Gasteiger partial charge in [0.1, 0.15) is 5.72 Å². The van der Waals surface area contributed by atoms with Crippen LogP contribution in [0.3, 0.4) is 0 Å². The van der Waals surface area contributed by atoms with E-state index in [1.54, 1.807) is 19.4 Å². The lowest BCUT2D eigenvalue weighted by molar-refractivity contribution is 0.0433. The number of ether oxygens (including phenoxy) is 1. The smallest absolute Gasteiger partial charge is 0.213 e. The quantitative estimate of drug-likeness (QED) is 0.695. The van der Waals surface area contributed by atoms with E-state index in [0.29, 0.717) is 18.7 Å². The van der Waals surface area contributed by atoms with E-state index in [9.17, 15) is 5.11 Å². The number of hydrogen-bond acceptors (Lipinski definition) is 4. The van der Waals surface area contributed by atoms with Crippen molar-refractivity contribution < 1.29 is 9.84 Å². The minimum atomic E-state index is -1.15. The zero-order valence-corrected chi connectivity index (χ0v) is 8.53. The van der Waals surface area contributed by atoms with Gasteiger partial charge in [-0.3, -0.25) is 0 Å². The first-order valence-electron chi connectivity index (χ1n) is 4.57. The van der Waals surface area contributed by atoms with Gasteiger partial charge in [0.05, 0.1) is 7.11 Å². The monoisotopic (exact) mass is 196 g/mol. The molecule has 0 aliphatic carbocycles. The van der Waals surface area contributed by atoms with Gasteiger partial charge in [0, 0.05) is 18.7 Å². The molecule has 4 nitrogen and oxygen atoms in total. The average molecular weight is 196 g/mol. The topological polar surface area (TPSA) is 68.4 Å². The van der Waals surface area contributed by atoms with Crippen LogP contribution in [0.1, 0.15) is 18.9 Å². The van der Waals surface area contributed by atoms with Crippen LogP contribution in [-0.2, 0) is 6.42 Å². The lowest BCUT2D eigenvalue weighted by Gasteiger charge is -2.21. The molecule has 0 fully saturated rings. The average Bonchev–Trinajstić information content (AvgIpc) is 2.17. The van der Waals surface area contributed by atoms with Crippen molar-refractivity contribution in [3.63, 3.8) is 0 Å². The summed E-state index contributed by atoms with van der Waals surface area (Å²) in [5, 5.41) is 9.66. The molecule has 3 N–H and O–H groups in total. The summed E-state index contributed by atoms with van der Waals surface area (Å²) < 4.78 is 4.97. The number of aliphatic hydroxyl groups is 1. The first-order chi connectivity index (χ1) is 6.57. The molecule has 1 rings (SSSR count). The fraction of sp³-hybridized carbons (Fsp3) is 0.500. The van der Waals surface area contributed by atoms with Gasteiger partial charge in [-0.2, -0.15) is 0 Å². The van der Waals surface area contributed by atoms with E-state index < -0.39 is 5.72 Å².